The average Bonchev–Trinajstić information content (AvgIpc) is 2.44. The Balaban J connectivity index is 0.00000484. The first kappa shape index (κ1) is 21.6. The molecular formula is C16H27IN4O2. The molecule has 0 saturated carbocycles. The Morgan fingerprint density at radius 1 is 1.30 bits per heavy atom. The Hall–Kier alpha value is -1.38. The second-order valence-corrected chi connectivity index (χ2v) is 5.96. The topological polar surface area (TPSA) is 93.5 Å². The van der Waals surface area contributed by atoms with E-state index in [9.17, 15) is 10.1 Å². The number of aliphatic imine (C=N–C) groups is 1. The van der Waals surface area contributed by atoms with Gasteiger partial charge in [-0.05, 0) is 19.3 Å². The van der Waals surface area contributed by atoms with Gasteiger partial charge in [-0.2, -0.15) is 0 Å². The van der Waals surface area contributed by atoms with Crippen LogP contribution in [0.2, 0.25) is 0 Å². The Kier molecular flexibility index (Phi) is 10.5. The number of hydrogen-bond acceptors (Lipinski definition) is 3. The molecule has 0 saturated heterocycles. The maximum atomic E-state index is 10.9. The van der Waals surface area contributed by atoms with Crippen LogP contribution >= 0.6 is 24.0 Å². The summed E-state index contributed by atoms with van der Waals surface area (Å²) in [6.45, 7) is 6.68. The number of para-hydroxylation sites is 1. The fraction of sp³-hybridized carbons (Fsp3) is 0.562. The molecule has 0 bridgehead atoms. The normalized spacial score (nSPS) is 12.6. The molecule has 0 heterocycles. The molecule has 0 amide bonds. The Bertz CT molecular complexity index is 521. The van der Waals surface area contributed by atoms with Gasteiger partial charge in [0.25, 0.3) is 5.69 Å². The van der Waals surface area contributed by atoms with Crippen LogP contribution in [0.3, 0.4) is 0 Å². The highest BCUT2D eigenvalue weighted by molar-refractivity contribution is 14.0. The number of benzene rings is 1. The fourth-order valence-electron chi connectivity index (χ4n) is 2.20. The fourth-order valence-corrected chi connectivity index (χ4v) is 2.20. The Morgan fingerprint density at radius 3 is 2.57 bits per heavy atom. The van der Waals surface area contributed by atoms with E-state index in [1.165, 1.54) is 12.5 Å². The predicted octanol–water partition coefficient (Wildman–Crippen LogP) is 3.83. The Morgan fingerprint density at radius 2 is 1.96 bits per heavy atom. The van der Waals surface area contributed by atoms with Crippen LogP contribution in [0.25, 0.3) is 0 Å². The lowest BCUT2D eigenvalue weighted by Crippen LogP contribution is -2.38. The second-order valence-electron chi connectivity index (χ2n) is 5.96. The quantitative estimate of drug-likeness (QED) is 0.214. The molecule has 23 heavy (non-hydrogen) atoms. The molecule has 130 valence electrons. The van der Waals surface area contributed by atoms with Crippen LogP contribution in [0.15, 0.2) is 29.3 Å². The number of nitrogens with two attached hydrogens (primary N) is 1. The highest BCUT2D eigenvalue weighted by Crippen LogP contribution is 2.18. The van der Waals surface area contributed by atoms with Crippen molar-refractivity contribution in [3.05, 3.63) is 39.9 Å². The zero-order valence-electron chi connectivity index (χ0n) is 14.0. The summed E-state index contributed by atoms with van der Waals surface area (Å²) < 4.78 is 0. The molecule has 0 aliphatic rings. The minimum atomic E-state index is -0.400. The van der Waals surface area contributed by atoms with Crippen molar-refractivity contribution in [1.82, 2.24) is 5.32 Å². The summed E-state index contributed by atoms with van der Waals surface area (Å²) in [4.78, 5) is 14.7. The molecule has 7 heteroatoms. The van der Waals surface area contributed by atoms with E-state index in [4.69, 9.17) is 5.73 Å². The molecule has 6 nitrogen and oxygen atoms in total. The van der Waals surface area contributed by atoms with Gasteiger partial charge in [-0.25, -0.2) is 4.99 Å². The van der Waals surface area contributed by atoms with Gasteiger partial charge in [0.15, 0.2) is 5.96 Å². The van der Waals surface area contributed by atoms with Crippen LogP contribution in [0, 0.1) is 16.0 Å². The summed E-state index contributed by atoms with van der Waals surface area (Å²) in [6, 6.07) is 6.82. The standard InChI is InChI=1S/C16H26N4O2.HI/c1-12(2)7-6-8-13(3)19-16(17)18-11-14-9-4-5-10-15(14)20(21)22;/h4-5,9-10,12-13H,6-8,11H2,1-3H3,(H3,17,18,19);1H. The third kappa shape index (κ3) is 8.73. The maximum absolute atomic E-state index is 10.9. The van der Waals surface area contributed by atoms with Crippen molar-refractivity contribution in [2.24, 2.45) is 16.6 Å². The largest absolute Gasteiger partial charge is 0.370 e. The van der Waals surface area contributed by atoms with E-state index in [0.29, 0.717) is 17.4 Å². The first-order valence-corrected chi connectivity index (χ1v) is 7.69. The van der Waals surface area contributed by atoms with Gasteiger partial charge in [-0.3, -0.25) is 10.1 Å². The third-order valence-electron chi connectivity index (χ3n) is 3.42. The molecule has 0 aromatic heterocycles. The first-order valence-electron chi connectivity index (χ1n) is 7.69. The molecule has 1 aromatic rings. The van der Waals surface area contributed by atoms with Gasteiger partial charge in [0.05, 0.1) is 17.0 Å². The number of nitrogens with zero attached hydrogens (tertiary/aromatic N) is 2. The minimum absolute atomic E-state index is 0. The van der Waals surface area contributed by atoms with Crippen molar-refractivity contribution in [3.63, 3.8) is 0 Å². The van der Waals surface area contributed by atoms with E-state index in [0.717, 1.165) is 12.8 Å². The number of halogens is 1. The first-order chi connectivity index (χ1) is 10.4. The third-order valence-corrected chi connectivity index (χ3v) is 3.42. The number of nitrogens with one attached hydrogen (secondary N) is 1. The zero-order valence-corrected chi connectivity index (χ0v) is 16.3. The van der Waals surface area contributed by atoms with E-state index in [2.05, 4.69) is 31.1 Å². The molecule has 0 aliphatic carbocycles. The highest BCUT2D eigenvalue weighted by atomic mass is 127. The van der Waals surface area contributed by atoms with E-state index in [1.807, 2.05) is 0 Å². The van der Waals surface area contributed by atoms with E-state index < -0.39 is 4.92 Å². The van der Waals surface area contributed by atoms with Crippen LogP contribution in [0.1, 0.15) is 45.6 Å². The van der Waals surface area contributed by atoms with Gasteiger partial charge in [-0.1, -0.05) is 44.9 Å². The minimum Gasteiger partial charge on any atom is -0.370 e. The molecule has 0 radical (unpaired) electrons. The molecule has 0 aliphatic heterocycles. The molecule has 0 spiro atoms. The molecule has 1 unspecified atom stereocenters. The number of nitro benzene ring substituents is 1. The summed E-state index contributed by atoms with van der Waals surface area (Å²) in [5, 5.41) is 14.1. The van der Waals surface area contributed by atoms with Crippen molar-refractivity contribution in [2.45, 2.75) is 52.6 Å². The monoisotopic (exact) mass is 434 g/mol. The molecule has 1 rings (SSSR count). The summed E-state index contributed by atoms with van der Waals surface area (Å²) in [5.41, 5.74) is 6.48. The number of nitro groups is 1. The molecular weight excluding hydrogens is 407 g/mol. The van der Waals surface area contributed by atoms with Crippen LogP contribution in [-0.4, -0.2) is 16.9 Å². The van der Waals surface area contributed by atoms with Gasteiger partial charge in [-0.15, -0.1) is 24.0 Å². The van der Waals surface area contributed by atoms with Crippen LogP contribution in [0.4, 0.5) is 5.69 Å². The smallest absolute Gasteiger partial charge is 0.274 e. The van der Waals surface area contributed by atoms with Crippen molar-refractivity contribution in [1.29, 1.82) is 0 Å². The summed E-state index contributed by atoms with van der Waals surface area (Å²) in [5.74, 6) is 1.03. The molecule has 1 atom stereocenters. The van der Waals surface area contributed by atoms with Gasteiger partial charge in [0.1, 0.15) is 0 Å². The van der Waals surface area contributed by atoms with Crippen molar-refractivity contribution < 1.29 is 4.92 Å². The van der Waals surface area contributed by atoms with Gasteiger partial charge < -0.3 is 11.1 Å². The van der Waals surface area contributed by atoms with Gasteiger partial charge >= 0.3 is 0 Å². The zero-order chi connectivity index (χ0) is 16.5. The summed E-state index contributed by atoms with van der Waals surface area (Å²) >= 11 is 0. The highest BCUT2D eigenvalue weighted by Gasteiger charge is 2.11. The second kappa shape index (κ2) is 11.2. The van der Waals surface area contributed by atoms with Crippen LogP contribution in [0.5, 0.6) is 0 Å². The molecule has 0 fully saturated rings. The van der Waals surface area contributed by atoms with Gasteiger partial charge in [0, 0.05) is 12.1 Å². The average molecular weight is 434 g/mol. The Labute approximate surface area is 155 Å². The van der Waals surface area contributed by atoms with Crippen LogP contribution in [-0.2, 0) is 6.54 Å². The lowest BCUT2D eigenvalue weighted by Gasteiger charge is -2.15. The van der Waals surface area contributed by atoms with Gasteiger partial charge in [0.2, 0.25) is 0 Å². The van der Waals surface area contributed by atoms with E-state index in [-0.39, 0.29) is 42.3 Å². The maximum Gasteiger partial charge on any atom is 0.274 e. The number of guanidine groups is 1. The summed E-state index contributed by atoms with van der Waals surface area (Å²) in [7, 11) is 0. The van der Waals surface area contributed by atoms with Crippen LogP contribution < -0.4 is 11.1 Å². The van der Waals surface area contributed by atoms with Crippen molar-refractivity contribution in [2.75, 3.05) is 0 Å². The molecule has 1 aromatic carbocycles. The number of rotatable bonds is 8. The predicted molar refractivity (Wildman–Crippen MR) is 105 cm³/mol. The van der Waals surface area contributed by atoms with E-state index in [1.54, 1.807) is 18.2 Å². The lowest BCUT2D eigenvalue weighted by atomic mass is 10.0. The van der Waals surface area contributed by atoms with Crippen molar-refractivity contribution >= 4 is 35.6 Å². The number of hydrogen-bond donors (Lipinski definition) is 2. The summed E-state index contributed by atoms with van der Waals surface area (Å²) in [6.07, 6.45) is 3.36. The molecule has 3 N–H and O–H groups in total. The van der Waals surface area contributed by atoms with Crippen molar-refractivity contribution in [3.8, 4) is 0 Å². The van der Waals surface area contributed by atoms with E-state index >= 15 is 0 Å². The SMILES string of the molecule is CC(C)CCCC(C)NC(N)=NCc1ccccc1[N+](=O)[O-].I. The lowest BCUT2D eigenvalue weighted by molar-refractivity contribution is -0.385.